The zero-order valence-electron chi connectivity index (χ0n) is 12.9. The van der Waals surface area contributed by atoms with Crippen LogP contribution in [0.15, 0.2) is 48.5 Å². The highest BCUT2D eigenvalue weighted by Crippen LogP contribution is 2.52. The van der Waals surface area contributed by atoms with Gasteiger partial charge in [-0.15, -0.1) is 0 Å². The fourth-order valence-electron chi connectivity index (χ4n) is 3.64. The molecular formula is C19H21ClO2. The molecule has 2 aromatic carbocycles. The van der Waals surface area contributed by atoms with E-state index in [9.17, 15) is 5.11 Å². The van der Waals surface area contributed by atoms with Gasteiger partial charge < -0.3 is 9.84 Å². The van der Waals surface area contributed by atoms with Crippen LogP contribution in [-0.2, 0) is 4.74 Å². The normalized spacial score (nSPS) is 17.6. The molecule has 2 aromatic rings. The highest BCUT2D eigenvalue weighted by Gasteiger charge is 2.44. The first kappa shape index (κ1) is 15.5. The standard InChI is InChI=1S/C19H21ClO2/c1-3-8-17(19(20,21)22-2)18-15-11-6-4-9-13(15)14-10-5-7-12-16(14)18/h4-7,9-12,17-18,21H,3,8H2,1-2H3. The van der Waals surface area contributed by atoms with Gasteiger partial charge in [0.1, 0.15) is 0 Å². The monoisotopic (exact) mass is 316 g/mol. The van der Waals surface area contributed by atoms with Crippen LogP contribution in [0.25, 0.3) is 11.1 Å². The van der Waals surface area contributed by atoms with E-state index in [2.05, 4.69) is 43.3 Å². The minimum Gasteiger partial charge on any atom is -0.353 e. The molecule has 0 fully saturated rings. The Morgan fingerprint density at radius 3 is 2.05 bits per heavy atom. The van der Waals surface area contributed by atoms with Crippen LogP contribution in [0, 0.1) is 5.92 Å². The van der Waals surface area contributed by atoms with Gasteiger partial charge in [-0.25, -0.2) is 0 Å². The first-order chi connectivity index (χ1) is 10.6. The Morgan fingerprint density at radius 1 is 1.09 bits per heavy atom. The zero-order valence-corrected chi connectivity index (χ0v) is 13.7. The fourth-order valence-corrected chi connectivity index (χ4v) is 3.88. The van der Waals surface area contributed by atoms with Gasteiger partial charge in [0.25, 0.3) is 0 Å². The van der Waals surface area contributed by atoms with Crippen LogP contribution >= 0.6 is 11.6 Å². The number of rotatable bonds is 5. The van der Waals surface area contributed by atoms with Gasteiger partial charge in [0, 0.05) is 18.9 Å². The summed E-state index contributed by atoms with van der Waals surface area (Å²) in [6.07, 6.45) is 1.73. The lowest BCUT2D eigenvalue weighted by Crippen LogP contribution is -2.37. The predicted molar refractivity (Wildman–Crippen MR) is 89.9 cm³/mol. The number of fused-ring (bicyclic) bond motifs is 3. The van der Waals surface area contributed by atoms with E-state index < -0.39 is 5.25 Å². The number of ether oxygens (including phenoxy) is 1. The number of halogens is 1. The number of methoxy groups -OCH3 is 1. The molecule has 0 aromatic heterocycles. The Hall–Kier alpha value is -1.35. The third-order valence-electron chi connectivity index (χ3n) is 4.63. The molecule has 3 heteroatoms. The molecule has 0 amide bonds. The van der Waals surface area contributed by atoms with Gasteiger partial charge in [0.15, 0.2) is 0 Å². The number of alkyl halides is 1. The Bertz CT molecular complexity index is 620. The molecule has 3 rings (SSSR count). The van der Waals surface area contributed by atoms with Crippen molar-refractivity contribution in [3.63, 3.8) is 0 Å². The molecule has 0 radical (unpaired) electrons. The second-order valence-electron chi connectivity index (χ2n) is 5.86. The molecule has 2 nitrogen and oxygen atoms in total. The molecule has 0 heterocycles. The average Bonchev–Trinajstić information content (AvgIpc) is 2.87. The summed E-state index contributed by atoms with van der Waals surface area (Å²) in [5.74, 6) is -0.149. The summed E-state index contributed by atoms with van der Waals surface area (Å²) in [6.45, 7) is 2.10. The minimum atomic E-state index is -1.66. The lowest BCUT2D eigenvalue weighted by Gasteiger charge is -2.34. The Kier molecular flexibility index (Phi) is 4.26. The minimum absolute atomic E-state index is 0.0507. The van der Waals surface area contributed by atoms with E-state index in [1.807, 2.05) is 12.1 Å². The molecule has 0 spiro atoms. The van der Waals surface area contributed by atoms with E-state index in [0.29, 0.717) is 0 Å². The predicted octanol–water partition coefficient (Wildman–Crippen LogP) is 4.75. The Labute approximate surface area is 136 Å². The van der Waals surface area contributed by atoms with Crippen LogP contribution < -0.4 is 0 Å². The van der Waals surface area contributed by atoms with Crippen molar-refractivity contribution < 1.29 is 9.84 Å². The lowest BCUT2D eigenvalue weighted by atomic mass is 9.81. The number of aliphatic hydroxyl groups is 1. The van der Waals surface area contributed by atoms with Gasteiger partial charge in [-0.1, -0.05) is 73.5 Å². The first-order valence-electron chi connectivity index (χ1n) is 7.74. The maximum absolute atomic E-state index is 10.6. The van der Waals surface area contributed by atoms with Gasteiger partial charge in [0.05, 0.1) is 0 Å². The highest BCUT2D eigenvalue weighted by molar-refractivity contribution is 6.22. The van der Waals surface area contributed by atoms with E-state index >= 15 is 0 Å². The van der Waals surface area contributed by atoms with Gasteiger partial charge in [-0.2, -0.15) is 0 Å². The molecule has 0 saturated heterocycles. The SMILES string of the molecule is CCCC(C1c2ccccc2-c2ccccc21)C(O)(Cl)OC. The Balaban J connectivity index is 2.16. The first-order valence-corrected chi connectivity index (χ1v) is 8.12. The summed E-state index contributed by atoms with van der Waals surface area (Å²) >= 11 is 6.31. The molecule has 2 atom stereocenters. The fraction of sp³-hybridized carbons (Fsp3) is 0.368. The van der Waals surface area contributed by atoms with E-state index in [1.54, 1.807) is 0 Å². The van der Waals surface area contributed by atoms with Gasteiger partial charge >= 0.3 is 0 Å². The quantitative estimate of drug-likeness (QED) is 0.637. The van der Waals surface area contributed by atoms with Gasteiger partial charge in [-0.05, 0) is 28.7 Å². The van der Waals surface area contributed by atoms with Crippen LogP contribution in [0.1, 0.15) is 36.8 Å². The largest absolute Gasteiger partial charge is 0.353 e. The Morgan fingerprint density at radius 2 is 1.59 bits per heavy atom. The summed E-state index contributed by atoms with van der Waals surface area (Å²) in [7, 11) is 1.46. The molecular weight excluding hydrogens is 296 g/mol. The van der Waals surface area contributed by atoms with Crippen molar-refractivity contribution in [2.75, 3.05) is 7.11 Å². The topological polar surface area (TPSA) is 29.5 Å². The molecule has 1 aliphatic rings. The second-order valence-corrected chi connectivity index (χ2v) is 6.40. The summed E-state index contributed by atoms with van der Waals surface area (Å²) in [6, 6.07) is 16.7. The summed E-state index contributed by atoms with van der Waals surface area (Å²) in [5, 5.41) is 8.91. The van der Waals surface area contributed by atoms with Crippen LogP contribution in [0.2, 0.25) is 0 Å². The summed E-state index contributed by atoms with van der Waals surface area (Å²) in [5.41, 5.74) is 4.90. The number of benzene rings is 2. The maximum Gasteiger partial charge on any atom is 0.249 e. The smallest absolute Gasteiger partial charge is 0.249 e. The van der Waals surface area contributed by atoms with E-state index in [4.69, 9.17) is 16.3 Å². The molecule has 0 saturated carbocycles. The molecule has 22 heavy (non-hydrogen) atoms. The van der Waals surface area contributed by atoms with Crippen molar-refractivity contribution in [3.05, 3.63) is 59.7 Å². The third-order valence-corrected chi connectivity index (χ3v) is 5.06. The number of hydrogen-bond donors (Lipinski definition) is 1. The number of hydrogen-bond acceptors (Lipinski definition) is 2. The zero-order chi connectivity index (χ0) is 15.7. The van der Waals surface area contributed by atoms with Gasteiger partial charge in [-0.3, -0.25) is 0 Å². The van der Waals surface area contributed by atoms with Gasteiger partial charge in [0.2, 0.25) is 5.25 Å². The van der Waals surface area contributed by atoms with Crippen LogP contribution in [0.5, 0.6) is 0 Å². The van der Waals surface area contributed by atoms with E-state index in [1.165, 1.54) is 29.4 Å². The van der Waals surface area contributed by atoms with Crippen molar-refractivity contribution >= 4 is 11.6 Å². The molecule has 1 N–H and O–H groups in total. The average molecular weight is 317 g/mol. The third kappa shape index (κ3) is 2.45. The molecule has 2 unspecified atom stereocenters. The van der Waals surface area contributed by atoms with Crippen LogP contribution in [0.4, 0.5) is 0 Å². The van der Waals surface area contributed by atoms with E-state index in [0.717, 1.165) is 12.8 Å². The van der Waals surface area contributed by atoms with Crippen molar-refractivity contribution in [3.8, 4) is 11.1 Å². The molecule has 116 valence electrons. The van der Waals surface area contributed by atoms with Crippen LogP contribution in [0.3, 0.4) is 0 Å². The molecule has 0 bridgehead atoms. The second kappa shape index (κ2) is 6.04. The van der Waals surface area contributed by atoms with Crippen molar-refractivity contribution in [2.24, 2.45) is 5.92 Å². The summed E-state index contributed by atoms with van der Waals surface area (Å²) < 4.78 is 5.22. The maximum atomic E-state index is 10.6. The van der Waals surface area contributed by atoms with Crippen molar-refractivity contribution in [1.29, 1.82) is 0 Å². The van der Waals surface area contributed by atoms with Crippen molar-refractivity contribution in [2.45, 2.75) is 30.9 Å². The molecule has 1 aliphatic carbocycles. The molecule has 0 aliphatic heterocycles. The van der Waals surface area contributed by atoms with Crippen molar-refractivity contribution in [1.82, 2.24) is 0 Å². The highest BCUT2D eigenvalue weighted by atomic mass is 35.5. The van der Waals surface area contributed by atoms with Crippen LogP contribution in [-0.4, -0.2) is 17.5 Å². The lowest BCUT2D eigenvalue weighted by molar-refractivity contribution is -0.158. The summed E-state index contributed by atoms with van der Waals surface area (Å²) in [4.78, 5) is 0. The van der Waals surface area contributed by atoms with E-state index in [-0.39, 0.29) is 11.8 Å².